The number of anilines is 2. The SMILES string of the molecule is CC[C@H](C)[C@H](N=C1NS(=O)(=O)c2ccccc21)C(=O)Nc1ccc(NC(=O)CC(C)C)cc1. The highest BCUT2D eigenvalue weighted by atomic mass is 32.2. The van der Waals surface area contributed by atoms with E-state index in [2.05, 4.69) is 20.3 Å². The summed E-state index contributed by atoms with van der Waals surface area (Å²) in [5, 5.41) is 5.68. The highest BCUT2D eigenvalue weighted by molar-refractivity contribution is 7.90. The molecule has 33 heavy (non-hydrogen) atoms. The van der Waals surface area contributed by atoms with Gasteiger partial charge in [0.15, 0.2) is 0 Å². The van der Waals surface area contributed by atoms with Crippen LogP contribution < -0.4 is 15.4 Å². The number of fused-ring (bicyclic) bond motifs is 1. The lowest BCUT2D eigenvalue weighted by atomic mass is 9.98. The zero-order chi connectivity index (χ0) is 24.2. The molecule has 0 unspecified atom stereocenters. The second kappa shape index (κ2) is 10.2. The molecule has 1 aliphatic heterocycles. The number of carbonyl (C=O) groups excluding carboxylic acids is 2. The maximum Gasteiger partial charge on any atom is 0.263 e. The lowest BCUT2D eigenvalue weighted by molar-refractivity contribution is -0.118. The minimum absolute atomic E-state index is 0.0613. The Bertz CT molecular complexity index is 1160. The van der Waals surface area contributed by atoms with E-state index in [0.717, 1.165) is 0 Å². The van der Waals surface area contributed by atoms with E-state index in [-0.39, 0.29) is 34.4 Å². The van der Waals surface area contributed by atoms with Crippen molar-refractivity contribution in [2.45, 2.75) is 51.5 Å². The molecule has 0 aliphatic carbocycles. The molecule has 9 heteroatoms. The summed E-state index contributed by atoms with van der Waals surface area (Å²) in [6.07, 6.45) is 1.12. The van der Waals surface area contributed by atoms with Crippen LogP contribution in [0.3, 0.4) is 0 Å². The van der Waals surface area contributed by atoms with E-state index < -0.39 is 16.1 Å². The Morgan fingerprint density at radius 2 is 1.58 bits per heavy atom. The van der Waals surface area contributed by atoms with Gasteiger partial charge in [-0.05, 0) is 48.2 Å². The smallest absolute Gasteiger partial charge is 0.263 e. The van der Waals surface area contributed by atoms with Crippen LogP contribution in [0, 0.1) is 11.8 Å². The molecule has 0 bridgehead atoms. The van der Waals surface area contributed by atoms with Gasteiger partial charge in [-0.2, -0.15) is 0 Å². The van der Waals surface area contributed by atoms with Crippen LogP contribution in [0.15, 0.2) is 58.4 Å². The van der Waals surface area contributed by atoms with Crippen LogP contribution in [0.5, 0.6) is 0 Å². The van der Waals surface area contributed by atoms with Crippen LogP contribution in [-0.2, 0) is 19.6 Å². The van der Waals surface area contributed by atoms with E-state index in [1.807, 2.05) is 27.7 Å². The third kappa shape index (κ3) is 5.98. The summed E-state index contributed by atoms with van der Waals surface area (Å²) in [4.78, 5) is 29.7. The van der Waals surface area contributed by atoms with Gasteiger partial charge < -0.3 is 10.6 Å². The second-order valence-electron chi connectivity index (χ2n) is 8.62. The summed E-state index contributed by atoms with van der Waals surface area (Å²) in [7, 11) is -3.69. The lowest BCUT2D eigenvalue weighted by Crippen LogP contribution is -2.34. The van der Waals surface area contributed by atoms with E-state index >= 15 is 0 Å². The molecule has 0 radical (unpaired) electrons. The standard InChI is InChI=1S/C24H30N4O4S/c1-5-16(4)22(27-23-19-8-6-7-9-20(19)33(31,32)28-23)24(30)26-18-12-10-17(11-13-18)25-21(29)14-15(2)3/h6-13,15-16,22H,5,14H2,1-4H3,(H,25,29)(H,26,30)(H,27,28)/t16-,22-/m0/s1. The molecule has 1 heterocycles. The fraction of sp³-hybridized carbons (Fsp3) is 0.375. The fourth-order valence-electron chi connectivity index (χ4n) is 3.47. The minimum Gasteiger partial charge on any atom is -0.326 e. The third-order valence-corrected chi connectivity index (χ3v) is 6.81. The first-order valence-corrected chi connectivity index (χ1v) is 12.5. The zero-order valence-electron chi connectivity index (χ0n) is 19.3. The van der Waals surface area contributed by atoms with Gasteiger partial charge >= 0.3 is 0 Å². The van der Waals surface area contributed by atoms with E-state index in [4.69, 9.17) is 0 Å². The van der Waals surface area contributed by atoms with Gasteiger partial charge in [0.2, 0.25) is 11.8 Å². The molecule has 8 nitrogen and oxygen atoms in total. The average Bonchev–Trinajstić information content (AvgIpc) is 3.02. The van der Waals surface area contributed by atoms with Gasteiger partial charge in [0.1, 0.15) is 11.9 Å². The fourth-order valence-corrected chi connectivity index (χ4v) is 4.71. The number of amidine groups is 1. The average molecular weight is 471 g/mol. The van der Waals surface area contributed by atoms with Crippen LogP contribution >= 0.6 is 0 Å². The molecule has 2 amide bonds. The first-order valence-electron chi connectivity index (χ1n) is 11.0. The molecule has 2 aromatic rings. The number of hydrogen-bond acceptors (Lipinski definition) is 5. The molecule has 0 fully saturated rings. The normalized spacial score (nSPS) is 17.2. The number of carbonyl (C=O) groups is 2. The van der Waals surface area contributed by atoms with Gasteiger partial charge in [0, 0.05) is 23.4 Å². The number of hydrogen-bond donors (Lipinski definition) is 3. The lowest BCUT2D eigenvalue weighted by Gasteiger charge is -2.19. The largest absolute Gasteiger partial charge is 0.326 e. The molecule has 2 atom stereocenters. The van der Waals surface area contributed by atoms with Gasteiger partial charge in [-0.25, -0.2) is 8.42 Å². The molecule has 0 aromatic heterocycles. The van der Waals surface area contributed by atoms with Crippen LogP contribution in [0.25, 0.3) is 0 Å². The summed E-state index contributed by atoms with van der Waals surface area (Å²) in [6.45, 7) is 7.80. The molecule has 3 N–H and O–H groups in total. The van der Waals surface area contributed by atoms with Crippen molar-refractivity contribution >= 4 is 39.0 Å². The summed E-state index contributed by atoms with van der Waals surface area (Å²) >= 11 is 0. The Morgan fingerprint density at radius 1 is 0.970 bits per heavy atom. The topological polar surface area (TPSA) is 117 Å². The van der Waals surface area contributed by atoms with Crippen molar-refractivity contribution < 1.29 is 18.0 Å². The monoisotopic (exact) mass is 470 g/mol. The Kier molecular flexibility index (Phi) is 7.53. The molecule has 2 aromatic carbocycles. The molecular formula is C24H30N4O4S. The van der Waals surface area contributed by atoms with Crippen molar-refractivity contribution in [2.24, 2.45) is 16.8 Å². The van der Waals surface area contributed by atoms with Gasteiger partial charge in [0.05, 0.1) is 4.90 Å². The van der Waals surface area contributed by atoms with E-state index in [9.17, 15) is 18.0 Å². The molecule has 0 saturated carbocycles. The zero-order valence-corrected chi connectivity index (χ0v) is 20.1. The third-order valence-electron chi connectivity index (χ3n) is 5.41. The van der Waals surface area contributed by atoms with Crippen LogP contribution in [0.1, 0.15) is 46.1 Å². The van der Waals surface area contributed by atoms with Crippen molar-refractivity contribution in [3.8, 4) is 0 Å². The summed E-state index contributed by atoms with van der Waals surface area (Å²) in [5.74, 6) is -0.0802. The minimum atomic E-state index is -3.69. The molecular weight excluding hydrogens is 440 g/mol. The molecule has 0 spiro atoms. The Hall–Kier alpha value is -3.20. The van der Waals surface area contributed by atoms with Crippen LogP contribution in [0.2, 0.25) is 0 Å². The first-order chi connectivity index (χ1) is 15.6. The Labute approximate surface area is 194 Å². The summed E-state index contributed by atoms with van der Waals surface area (Å²) < 4.78 is 27.2. The van der Waals surface area contributed by atoms with Crippen molar-refractivity contribution in [3.05, 3.63) is 54.1 Å². The summed E-state index contributed by atoms with van der Waals surface area (Å²) in [5.41, 5.74) is 1.66. The van der Waals surface area contributed by atoms with Crippen molar-refractivity contribution in [3.63, 3.8) is 0 Å². The van der Waals surface area contributed by atoms with E-state index in [0.29, 0.717) is 29.8 Å². The highest BCUT2D eigenvalue weighted by Gasteiger charge is 2.33. The van der Waals surface area contributed by atoms with E-state index in [1.54, 1.807) is 42.5 Å². The Balaban J connectivity index is 1.77. The Morgan fingerprint density at radius 3 is 2.18 bits per heavy atom. The predicted octanol–water partition coefficient (Wildman–Crippen LogP) is 3.76. The maximum atomic E-state index is 13.1. The highest BCUT2D eigenvalue weighted by Crippen LogP contribution is 2.24. The predicted molar refractivity (Wildman–Crippen MR) is 130 cm³/mol. The maximum absolute atomic E-state index is 13.1. The number of amides is 2. The van der Waals surface area contributed by atoms with Crippen LogP contribution in [0.4, 0.5) is 11.4 Å². The van der Waals surface area contributed by atoms with Crippen LogP contribution in [-0.4, -0.2) is 32.1 Å². The van der Waals surface area contributed by atoms with Crippen molar-refractivity contribution in [1.29, 1.82) is 0 Å². The number of sulfonamides is 1. The molecule has 176 valence electrons. The molecule has 3 rings (SSSR count). The first kappa shape index (κ1) is 24.4. The second-order valence-corrected chi connectivity index (χ2v) is 10.3. The van der Waals surface area contributed by atoms with Crippen molar-refractivity contribution in [1.82, 2.24) is 4.72 Å². The van der Waals surface area contributed by atoms with Gasteiger partial charge in [-0.1, -0.05) is 46.2 Å². The quantitative estimate of drug-likeness (QED) is 0.544. The summed E-state index contributed by atoms with van der Waals surface area (Å²) in [6, 6.07) is 12.6. The van der Waals surface area contributed by atoms with Gasteiger partial charge in [-0.3, -0.25) is 19.3 Å². The molecule has 1 aliphatic rings. The number of benzene rings is 2. The van der Waals surface area contributed by atoms with Gasteiger partial charge in [0.25, 0.3) is 10.0 Å². The van der Waals surface area contributed by atoms with Crippen molar-refractivity contribution in [2.75, 3.05) is 10.6 Å². The number of aliphatic imine (C=N–C) groups is 1. The van der Waals surface area contributed by atoms with Gasteiger partial charge in [-0.15, -0.1) is 0 Å². The number of nitrogens with zero attached hydrogens (tertiary/aromatic N) is 1. The molecule has 0 saturated heterocycles. The number of nitrogens with one attached hydrogen (secondary N) is 3. The van der Waals surface area contributed by atoms with E-state index in [1.165, 1.54) is 6.07 Å². The number of rotatable bonds is 8.